The van der Waals surface area contributed by atoms with E-state index < -0.39 is 11.5 Å². The summed E-state index contributed by atoms with van der Waals surface area (Å²) in [6, 6.07) is 17.5. The third kappa shape index (κ3) is 6.20. The molecule has 1 atom stereocenters. The number of ether oxygens (including phenoxy) is 2. The summed E-state index contributed by atoms with van der Waals surface area (Å²) in [5.74, 6) is -0.135. The van der Waals surface area contributed by atoms with Crippen molar-refractivity contribution >= 4 is 23.4 Å². The van der Waals surface area contributed by atoms with Crippen LogP contribution in [0, 0.1) is 6.92 Å². The molecule has 1 amide bonds. The maximum Gasteiger partial charge on any atom is 0.243 e. The van der Waals surface area contributed by atoms with Gasteiger partial charge in [0.2, 0.25) is 5.91 Å². The molecule has 0 aromatic heterocycles. The van der Waals surface area contributed by atoms with Crippen LogP contribution in [0.15, 0.2) is 59.5 Å². The Labute approximate surface area is 153 Å². The third-order valence-electron chi connectivity index (χ3n) is 3.49. The molecule has 0 aliphatic heterocycles. The Hall–Kier alpha value is -1.82. The number of rotatable bonds is 9. The van der Waals surface area contributed by atoms with E-state index in [9.17, 15) is 4.79 Å². The molecule has 0 heterocycles. The van der Waals surface area contributed by atoms with Crippen molar-refractivity contribution in [1.29, 1.82) is 0 Å². The molecular formula is C20H25NO3S. The zero-order valence-corrected chi connectivity index (χ0v) is 15.7. The zero-order valence-electron chi connectivity index (χ0n) is 14.9. The Morgan fingerprint density at radius 2 is 1.60 bits per heavy atom. The smallest absolute Gasteiger partial charge is 0.243 e. The fourth-order valence-corrected chi connectivity index (χ4v) is 3.32. The number of nitrogens with one attached hydrogen (secondary N) is 1. The van der Waals surface area contributed by atoms with Gasteiger partial charge in [-0.25, -0.2) is 0 Å². The SMILES string of the molecule is CCOC(OCC)C(Sc1ccccc1)C(=O)Nc1ccc(C)cc1. The van der Waals surface area contributed by atoms with E-state index in [0.717, 1.165) is 16.1 Å². The number of amides is 1. The molecule has 5 heteroatoms. The molecule has 0 spiro atoms. The molecule has 0 aliphatic carbocycles. The highest BCUT2D eigenvalue weighted by atomic mass is 32.2. The fraction of sp³-hybridized carbons (Fsp3) is 0.350. The number of benzene rings is 2. The van der Waals surface area contributed by atoms with Crippen molar-refractivity contribution in [3.05, 3.63) is 60.2 Å². The first-order valence-corrected chi connectivity index (χ1v) is 9.34. The van der Waals surface area contributed by atoms with Gasteiger partial charge in [0, 0.05) is 23.8 Å². The number of hydrogen-bond donors (Lipinski definition) is 1. The van der Waals surface area contributed by atoms with E-state index in [2.05, 4.69) is 5.32 Å². The average molecular weight is 359 g/mol. The molecular weight excluding hydrogens is 334 g/mol. The largest absolute Gasteiger partial charge is 0.351 e. The number of carbonyl (C=O) groups is 1. The summed E-state index contributed by atoms with van der Waals surface area (Å²) in [4.78, 5) is 13.9. The van der Waals surface area contributed by atoms with Crippen LogP contribution in [0.25, 0.3) is 0 Å². The van der Waals surface area contributed by atoms with Gasteiger partial charge in [0.25, 0.3) is 0 Å². The maximum atomic E-state index is 12.9. The van der Waals surface area contributed by atoms with Crippen LogP contribution in [-0.2, 0) is 14.3 Å². The summed E-state index contributed by atoms with van der Waals surface area (Å²) in [5, 5.41) is 2.46. The van der Waals surface area contributed by atoms with Gasteiger partial charge in [-0.1, -0.05) is 35.9 Å². The van der Waals surface area contributed by atoms with Crippen LogP contribution in [0.2, 0.25) is 0 Å². The second-order valence-electron chi connectivity index (χ2n) is 5.49. The Morgan fingerprint density at radius 3 is 2.16 bits per heavy atom. The minimum Gasteiger partial charge on any atom is -0.351 e. The molecule has 0 bridgehead atoms. The number of anilines is 1. The summed E-state index contributed by atoms with van der Waals surface area (Å²) in [6.07, 6.45) is -0.606. The third-order valence-corrected chi connectivity index (χ3v) is 4.73. The topological polar surface area (TPSA) is 47.6 Å². The minimum absolute atomic E-state index is 0.135. The second-order valence-corrected chi connectivity index (χ2v) is 6.70. The van der Waals surface area contributed by atoms with Crippen LogP contribution in [-0.4, -0.2) is 30.7 Å². The van der Waals surface area contributed by atoms with Gasteiger partial charge in [-0.15, -0.1) is 11.8 Å². The summed E-state index contributed by atoms with van der Waals surface area (Å²) < 4.78 is 11.4. The molecule has 0 fully saturated rings. The van der Waals surface area contributed by atoms with Crippen molar-refractivity contribution in [2.24, 2.45) is 0 Å². The number of carbonyl (C=O) groups excluding carboxylic acids is 1. The van der Waals surface area contributed by atoms with E-state index in [1.807, 2.05) is 75.4 Å². The standard InChI is InChI=1S/C20H25NO3S/c1-4-23-20(24-5-2)18(25-17-9-7-6-8-10-17)19(22)21-16-13-11-15(3)12-14-16/h6-14,18,20H,4-5H2,1-3H3,(H,21,22). The zero-order chi connectivity index (χ0) is 18.1. The molecule has 134 valence electrons. The minimum atomic E-state index is -0.606. The molecule has 1 N–H and O–H groups in total. The van der Waals surface area contributed by atoms with Crippen LogP contribution in [0.4, 0.5) is 5.69 Å². The van der Waals surface area contributed by atoms with E-state index in [-0.39, 0.29) is 5.91 Å². The molecule has 1 unspecified atom stereocenters. The van der Waals surface area contributed by atoms with Crippen LogP contribution in [0.3, 0.4) is 0 Å². The number of thioether (sulfide) groups is 1. The van der Waals surface area contributed by atoms with Gasteiger partial charge in [0.05, 0.1) is 0 Å². The molecule has 0 saturated heterocycles. The number of aryl methyl sites for hydroxylation is 1. The monoisotopic (exact) mass is 359 g/mol. The Bertz CT molecular complexity index is 640. The van der Waals surface area contributed by atoms with Crippen LogP contribution < -0.4 is 5.32 Å². The Morgan fingerprint density at radius 1 is 1.00 bits per heavy atom. The van der Waals surface area contributed by atoms with E-state index in [1.54, 1.807) is 0 Å². The van der Waals surface area contributed by atoms with Gasteiger partial charge < -0.3 is 14.8 Å². The highest BCUT2D eigenvalue weighted by Gasteiger charge is 2.31. The lowest BCUT2D eigenvalue weighted by atomic mass is 10.2. The predicted molar refractivity (Wildman–Crippen MR) is 103 cm³/mol. The summed E-state index contributed by atoms with van der Waals surface area (Å²) in [6.45, 7) is 6.77. The lowest BCUT2D eigenvalue weighted by molar-refractivity contribution is -0.147. The molecule has 2 aromatic carbocycles. The van der Waals surface area contributed by atoms with Crippen molar-refractivity contribution in [3.8, 4) is 0 Å². The molecule has 25 heavy (non-hydrogen) atoms. The first kappa shape index (κ1) is 19.5. The van der Waals surface area contributed by atoms with Gasteiger partial charge in [-0.3, -0.25) is 4.79 Å². The quantitative estimate of drug-likeness (QED) is 0.529. The molecule has 2 aromatic rings. The summed E-state index contributed by atoms with van der Waals surface area (Å²) >= 11 is 1.45. The van der Waals surface area contributed by atoms with Crippen molar-refractivity contribution in [2.45, 2.75) is 37.2 Å². The van der Waals surface area contributed by atoms with Gasteiger partial charge in [0.15, 0.2) is 6.29 Å². The van der Waals surface area contributed by atoms with Crippen molar-refractivity contribution in [3.63, 3.8) is 0 Å². The lowest BCUT2D eigenvalue weighted by Crippen LogP contribution is -2.39. The van der Waals surface area contributed by atoms with Crippen molar-refractivity contribution < 1.29 is 14.3 Å². The normalized spacial score (nSPS) is 12.2. The Balaban J connectivity index is 2.18. The van der Waals surface area contributed by atoms with E-state index in [1.165, 1.54) is 11.8 Å². The first-order valence-electron chi connectivity index (χ1n) is 8.46. The van der Waals surface area contributed by atoms with Crippen molar-refractivity contribution in [2.75, 3.05) is 18.5 Å². The lowest BCUT2D eigenvalue weighted by Gasteiger charge is -2.25. The summed E-state index contributed by atoms with van der Waals surface area (Å²) in [7, 11) is 0. The van der Waals surface area contributed by atoms with Crippen LogP contribution in [0.5, 0.6) is 0 Å². The molecule has 0 radical (unpaired) electrons. The van der Waals surface area contributed by atoms with E-state index >= 15 is 0 Å². The molecule has 4 nitrogen and oxygen atoms in total. The van der Waals surface area contributed by atoms with Crippen LogP contribution in [0.1, 0.15) is 19.4 Å². The fourth-order valence-electron chi connectivity index (χ4n) is 2.28. The summed E-state index contributed by atoms with van der Waals surface area (Å²) in [5.41, 5.74) is 1.91. The van der Waals surface area contributed by atoms with Gasteiger partial charge >= 0.3 is 0 Å². The van der Waals surface area contributed by atoms with Crippen LogP contribution >= 0.6 is 11.8 Å². The maximum absolute atomic E-state index is 12.9. The highest BCUT2D eigenvalue weighted by Crippen LogP contribution is 2.28. The average Bonchev–Trinajstić information content (AvgIpc) is 2.62. The first-order chi connectivity index (χ1) is 12.1. The predicted octanol–water partition coefficient (Wildman–Crippen LogP) is 4.49. The molecule has 0 aliphatic rings. The number of hydrogen-bond acceptors (Lipinski definition) is 4. The van der Waals surface area contributed by atoms with Gasteiger partial charge in [-0.05, 0) is 45.0 Å². The molecule has 2 rings (SSSR count). The van der Waals surface area contributed by atoms with E-state index in [0.29, 0.717) is 13.2 Å². The van der Waals surface area contributed by atoms with Crippen molar-refractivity contribution in [1.82, 2.24) is 0 Å². The molecule has 0 saturated carbocycles. The Kier molecular flexibility index (Phi) is 7.98. The van der Waals surface area contributed by atoms with E-state index in [4.69, 9.17) is 9.47 Å². The highest BCUT2D eigenvalue weighted by molar-refractivity contribution is 8.00. The van der Waals surface area contributed by atoms with Gasteiger partial charge in [0.1, 0.15) is 5.25 Å². The second kappa shape index (κ2) is 10.2. The van der Waals surface area contributed by atoms with Gasteiger partial charge in [-0.2, -0.15) is 0 Å².